The fourth-order valence-corrected chi connectivity index (χ4v) is 2.19. The molecule has 0 saturated carbocycles. The van der Waals surface area contributed by atoms with Gasteiger partial charge in [0.15, 0.2) is 0 Å². The van der Waals surface area contributed by atoms with Crippen molar-refractivity contribution < 1.29 is 9.13 Å². The fraction of sp³-hybridized carbons (Fsp3) is 0.294. The number of hydrogen-bond acceptors (Lipinski definition) is 3. The van der Waals surface area contributed by atoms with Gasteiger partial charge in [0.25, 0.3) is 0 Å². The van der Waals surface area contributed by atoms with E-state index in [-0.39, 0.29) is 11.9 Å². The van der Waals surface area contributed by atoms with Gasteiger partial charge in [-0.1, -0.05) is 18.2 Å². The van der Waals surface area contributed by atoms with Gasteiger partial charge in [0.05, 0.1) is 7.11 Å². The van der Waals surface area contributed by atoms with E-state index < -0.39 is 0 Å². The molecule has 1 unspecified atom stereocenters. The van der Waals surface area contributed by atoms with Gasteiger partial charge in [-0.2, -0.15) is 0 Å². The molecule has 1 atom stereocenters. The first-order valence-electron chi connectivity index (χ1n) is 6.96. The molecule has 0 aliphatic carbocycles. The summed E-state index contributed by atoms with van der Waals surface area (Å²) in [5, 5.41) is 0. The standard InChI is InChI=1S/C17H21FN2O/c1-20(15-4-3-5-16(12-15)21-2)11-10-17(19)13-6-8-14(18)9-7-13/h3-9,12,17H,10-11,19H2,1-2H3. The Morgan fingerprint density at radius 1 is 1.19 bits per heavy atom. The predicted octanol–water partition coefficient (Wildman–Crippen LogP) is 3.36. The summed E-state index contributed by atoms with van der Waals surface area (Å²) in [5.74, 6) is 0.599. The zero-order valence-electron chi connectivity index (χ0n) is 12.4. The van der Waals surface area contributed by atoms with Gasteiger partial charge in [0.1, 0.15) is 11.6 Å². The third-order valence-electron chi connectivity index (χ3n) is 3.57. The van der Waals surface area contributed by atoms with E-state index in [1.807, 2.05) is 31.3 Å². The third-order valence-corrected chi connectivity index (χ3v) is 3.57. The number of halogens is 1. The molecule has 2 aromatic rings. The van der Waals surface area contributed by atoms with E-state index in [4.69, 9.17) is 10.5 Å². The second kappa shape index (κ2) is 7.09. The number of benzene rings is 2. The summed E-state index contributed by atoms with van der Waals surface area (Å²) in [7, 11) is 3.68. The lowest BCUT2D eigenvalue weighted by Crippen LogP contribution is -2.23. The number of anilines is 1. The Kier molecular flexibility index (Phi) is 5.17. The van der Waals surface area contributed by atoms with Gasteiger partial charge in [0, 0.05) is 31.4 Å². The van der Waals surface area contributed by atoms with E-state index >= 15 is 0 Å². The molecular formula is C17H21FN2O. The van der Waals surface area contributed by atoms with Crippen molar-refractivity contribution in [1.82, 2.24) is 0 Å². The molecule has 0 aliphatic heterocycles. The molecule has 0 saturated heterocycles. The second-order valence-corrected chi connectivity index (χ2v) is 5.07. The van der Waals surface area contributed by atoms with E-state index in [0.29, 0.717) is 0 Å². The Morgan fingerprint density at radius 3 is 2.57 bits per heavy atom. The topological polar surface area (TPSA) is 38.5 Å². The van der Waals surface area contributed by atoms with Gasteiger partial charge in [-0.3, -0.25) is 0 Å². The highest BCUT2D eigenvalue weighted by molar-refractivity contribution is 5.50. The van der Waals surface area contributed by atoms with Crippen LogP contribution in [0.15, 0.2) is 48.5 Å². The summed E-state index contributed by atoms with van der Waals surface area (Å²) in [6.07, 6.45) is 0.791. The van der Waals surface area contributed by atoms with Crippen LogP contribution in [0.25, 0.3) is 0 Å². The van der Waals surface area contributed by atoms with Crippen molar-refractivity contribution in [3.8, 4) is 5.75 Å². The Morgan fingerprint density at radius 2 is 1.90 bits per heavy atom. The summed E-state index contributed by atoms with van der Waals surface area (Å²) in [5.41, 5.74) is 8.19. The minimum absolute atomic E-state index is 0.0985. The summed E-state index contributed by atoms with van der Waals surface area (Å²) in [6, 6.07) is 14.2. The van der Waals surface area contributed by atoms with Crippen molar-refractivity contribution in [2.75, 3.05) is 25.6 Å². The SMILES string of the molecule is COc1cccc(N(C)CCC(N)c2ccc(F)cc2)c1. The van der Waals surface area contributed by atoms with Crippen molar-refractivity contribution in [2.45, 2.75) is 12.5 Å². The van der Waals surface area contributed by atoms with Gasteiger partial charge in [-0.15, -0.1) is 0 Å². The van der Waals surface area contributed by atoms with E-state index in [2.05, 4.69) is 4.90 Å². The molecule has 112 valence electrons. The zero-order valence-corrected chi connectivity index (χ0v) is 12.4. The third kappa shape index (κ3) is 4.20. The quantitative estimate of drug-likeness (QED) is 0.886. The molecule has 2 rings (SSSR count). The number of methoxy groups -OCH3 is 1. The highest BCUT2D eigenvalue weighted by atomic mass is 19.1. The molecule has 0 bridgehead atoms. The number of nitrogens with zero attached hydrogens (tertiary/aromatic N) is 1. The molecule has 21 heavy (non-hydrogen) atoms. The average molecular weight is 288 g/mol. The molecule has 0 aromatic heterocycles. The molecule has 4 heteroatoms. The van der Waals surface area contributed by atoms with Crippen molar-refractivity contribution in [1.29, 1.82) is 0 Å². The number of nitrogens with two attached hydrogens (primary N) is 1. The molecule has 0 aliphatic rings. The maximum absolute atomic E-state index is 12.9. The van der Waals surface area contributed by atoms with Crippen LogP contribution in [-0.2, 0) is 0 Å². The van der Waals surface area contributed by atoms with Crippen molar-refractivity contribution in [3.63, 3.8) is 0 Å². The fourth-order valence-electron chi connectivity index (χ4n) is 2.19. The summed E-state index contributed by atoms with van der Waals surface area (Å²) >= 11 is 0. The summed E-state index contributed by atoms with van der Waals surface area (Å²) in [6.45, 7) is 0.811. The van der Waals surface area contributed by atoms with E-state index in [1.54, 1.807) is 19.2 Å². The van der Waals surface area contributed by atoms with E-state index in [9.17, 15) is 4.39 Å². The Balaban J connectivity index is 1.93. The molecule has 2 aromatic carbocycles. The van der Waals surface area contributed by atoms with Crippen LogP contribution in [0.4, 0.5) is 10.1 Å². The average Bonchev–Trinajstić information content (AvgIpc) is 2.53. The van der Waals surface area contributed by atoms with Crippen LogP contribution in [-0.4, -0.2) is 20.7 Å². The second-order valence-electron chi connectivity index (χ2n) is 5.07. The molecule has 0 spiro atoms. The molecule has 0 heterocycles. The van der Waals surface area contributed by atoms with Crippen LogP contribution in [0.2, 0.25) is 0 Å². The van der Waals surface area contributed by atoms with Crippen molar-refractivity contribution in [2.24, 2.45) is 5.73 Å². The summed E-state index contributed by atoms with van der Waals surface area (Å²) < 4.78 is 18.1. The first kappa shape index (κ1) is 15.3. The van der Waals surface area contributed by atoms with Crippen LogP contribution in [0.5, 0.6) is 5.75 Å². The summed E-state index contributed by atoms with van der Waals surface area (Å²) in [4.78, 5) is 2.13. The molecule has 0 amide bonds. The van der Waals surface area contributed by atoms with E-state index in [1.165, 1.54) is 12.1 Å². The maximum atomic E-state index is 12.9. The number of hydrogen-bond donors (Lipinski definition) is 1. The monoisotopic (exact) mass is 288 g/mol. The van der Waals surface area contributed by atoms with Crippen molar-refractivity contribution in [3.05, 3.63) is 59.9 Å². The molecule has 0 fully saturated rings. The Hall–Kier alpha value is -2.07. The highest BCUT2D eigenvalue weighted by Crippen LogP contribution is 2.21. The normalized spacial score (nSPS) is 12.0. The first-order chi connectivity index (χ1) is 10.1. The van der Waals surface area contributed by atoms with Gasteiger partial charge in [0.2, 0.25) is 0 Å². The van der Waals surface area contributed by atoms with E-state index in [0.717, 1.165) is 30.0 Å². The Labute approximate surface area is 125 Å². The van der Waals surface area contributed by atoms with Crippen LogP contribution < -0.4 is 15.4 Å². The van der Waals surface area contributed by atoms with Crippen LogP contribution in [0, 0.1) is 5.82 Å². The number of rotatable bonds is 6. The lowest BCUT2D eigenvalue weighted by molar-refractivity contribution is 0.415. The minimum atomic E-state index is -0.237. The van der Waals surface area contributed by atoms with Crippen molar-refractivity contribution >= 4 is 5.69 Å². The van der Waals surface area contributed by atoms with Crippen LogP contribution >= 0.6 is 0 Å². The molecule has 3 nitrogen and oxygen atoms in total. The highest BCUT2D eigenvalue weighted by Gasteiger charge is 2.09. The van der Waals surface area contributed by atoms with Crippen LogP contribution in [0.1, 0.15) is 18.0 Å². The smallest absolute Gasteiger partial charge is 0.123 e. The first-order valence-corrected chi connectivity index (χ1v) is 6.96. The lowest BCUT2D eigenvalue weighted by atomic mass is 10.0. The van der Waals surface area contributed by atoms with Gasteiger partial charge in [-0.25, -0.2) is 4.39 Å². The predicted molar refractivity (Wildman–Crippen MR) is 84.2 cm³/mol. The Bertz CT molecular complexity index is 571. The van der Waals surface area contributed by atoms with Gasteiger partial charge >= 0.3 is 0 Å². The van der Waals surface area contributed by atoms with Gasteiger partial charge in [-0.05, 0) is 36.2 Å². The zero-order chi connectivity index (χ0) is 15.2. The number of ether oxygens (including phenoxy) is 1. The van der Waals surface area contributed by atoms with Crippen LogP contribution in [0.3, 0.4) is 0 Å². The largest absolute Gasteiger partial charge is 0.497 e. The molecular weight excluding hydrogens is 267 g/mol. The lowest BCUT2D eigenvalue weighted by Gasteiger charge is -2.22. The molecule has 2 N–H and O–H groups in total. The molecule has 0 radical (unpaired) electrons. The van der Waals surface area contributed by atoms with Gasteiger partial charge < -0.3 is 15.4 Å². The minimum Gasteiger partial charge on any atom is -0.497 e. The maximum Gasteiger partial charge on any atom is 0.123 e.